The van der Waals surface area contributed by atoms with Gasteiger partial charge in [0.1, 0.15) is 4.90 Å². The van der Waals surface area contributed by atoms with Gasteiger partial charge >= 0.3 is 0 Å². The van der Waals surface area contributed by atoms with Crippen LogP contribution in [0.1, 0.15) is 17.5 Å². The van der Waals surface area contributed by atoms with Gasteiger partial charge in [-0.05, 0) is 63.0 Å². The van der Waals surface area contributed by atoms with Gasteiger partial charge in [0, 0.05) is 13.1 Å². The van der Waals surface area contributed by atoms with Gasteiger partial charge in [-0.1, -0.05) is 0 Å². The number of nitrogens with two attached hydrogens (primary N) is 1. The molecule has 1 aromatic rings. The van der Waals surface area contributed by atoms with Gasteiger partial charge in [0.2, 0.25) is 10.0 Å². The Kier molecular flexibility index (Phi) is 4.36. The fourth-order valence-electron chi connectivity index (χ4n) is 2.54. The van der Waals surface area contributed by atoms with Gasteiger partial charge in [-0.15, -0.1) is 0 Å². The summed E-state index contributed by atoms with van der Waals surface area (Å²) in [6.45, 7) is 6.24. The first kappa shape index (κ1) is 15.3. The first-order chi connectivity index (χ1) is 9.29. The molecule has 0 saturated carbocycles. The number of nitrogen functional groups attached to an aromatic ring is 1. The maximum atomic E-state index is 12.4. The van der Waals surface area contributed by atoms with E-state index in [4.69, 9.17) is 5.73 Å². The van der Waals surface area contributed by atoms with Crippen LogP contribution in [0.25, 0.3) is 0 Å². The third kappa shape index (κ3) is 3.31. The van der Waals surface area contributed by atoms with Gasteiger partial charge in [-0.3, -0.25) is 0 Å². The molecule has 1 aliphatic heterocycles. The molecule has 0 spiro atoms. The quantitative estimate of drug-likeness (QED) is 0.817. The molecule has 1 atom stereocenters. The number of sulfonamides is 1. The van der Waals surface area contributed by atoms with Crippen LogP contribution in [-0.4, -0.2) is 40.0 Å². The van der Waals surface area contributed by atoms with E-state index in [-0.39, 0.29) is 4.90 Å². The number of benzene rings is 1. The Morgan fingerprint density at radius 3 is 2.60 bits per heavy atom. The van der Waals surface area contributed by atoms with Crippen molar-refractivity contribution in [1.82, 2.24) is 9.62 Å². The Hall–Kier alpha value is -1.11. The van der Waals surface area contributed by atoms with Crippen molar-refractivity contribution in [1.29, 1.82) is 0 Å². The zero-order valence-corrected chi connectivity index (χ0v) is 13.1. The molecule has 1 saturated heterocycles. The van der Waals surface area contributed by atoms with E-state index in [1.54, 1.807) is 12.1 Å². The van der Waals surface area contributed by atoms with E-state index in [0.717, 1.165) is 30.6 Å². The highest BCUT2D eigenvalue weighted by atomic mass is 32.2. The van der Waals surface area contributed by atoms with E-state index < -0.39 is 10.0 Å². The van der Waals surface area contributed by atoms with Crippen LogP contribution in [0.5, 0.6) is 0 Å². The Morgan fingerprint density at radius 2 is 2.00 bits per heavy atom. The molecule has 1 heterocycles. The number of hydrogen-bond acceptors (Lipinski definition) is 4. The van der Waals surface area contributed by atoms with Crippen molar-refractivity contribution in [3.05, 3.63) is 23.3 Å². The second kappa shape index (κ2) is 5.71. The number of rotatable bonds is 4. The highest BCUT2D eigenvalue weighted by molar-refractivity contribution is 7.89. The molecular weight excluding hydrogens is 274 g/mol. The van der Waals surface area contributed by atoms with Crippen LogP contribution in [0.3, 0.4) is 0 Å². The minimum Gasteiger partial charge on any atom is -0.398 e. The summed E-state index contributed by atoms with van der Waals surface area (Å²) in [4.78, 5) is 2.40. The Bertz CT molecular complexity index is 599. The summed E-state index contributed by atoms with van der Waals surface area (Å²) in [5.74, 6) is 0.377. The average molecular weight is 297 g/mol. The molecule has 1 unspecified atom stereocenters. The van der Waals surface area contributed by atoms with Gasteiger partial charge in [-0.25, -0.2) is 13.1 Å². The normalized spacial score (nSPS) is 20.4. The topological polar surface area (TPSA) is 75.4 Å². The highest BCUT2D eigenvalue weighted by Gasteiger charge is 2.23. The van der Waals surface area contributed by atoms with Gasteiger partial charge in [0.15, 0.2) is 0 Å². The van der Waals surface area contributed by atoms with Crippen molar-refractivity contribution in [3.8, 4) is 0 Å². The van der Waals surface area contributed by atoms with Gasteiger partial charge in [0.05, 0.1) is 5.69 Å². The fourth-order valence-corrected chi connectivity index (χ4v) is 3.85. The fraction of sp³-hybridized carbons (Fsp3) is 0.571. The Labute approximate surface area is 121 Å². The third-order valence-electron chi connectivity index (χ3n) is 3.97. The van der Waals surface area contributed by atoms with Crippen molar-refractivity contribution in [3.63, 3.8) is 0 Å². The Morgan fingerprint density at radius 1 is 1.35 bits per heavy atom. The minimum atomic E-state index is -3.53. The maximum absolute atomic E-state index is 12.4. The van der Waals surface area contributed by atoms with Gasteiger partial charge in [-0.2, -0.15) is 0 Å². The van der Waals surface area contributed by atoms with Crippen LogP contribution in [0.15, 0.2) is 17.0 Å². The number of nitrogens with one attached hydrogen (secondary N) is 1. The number of aryl methyl sites for hydroxylation is 2. The van der Waals surface area contributed by atoms with Crippen molar-refractivity contribution in [2.45, 2.75) is 25.2 Å². The largest absolute Gasteiger partial charge is 0.398 e. The summed E-state index contributed by atoms with van der Waals surface area (Å²) >= 11 is 0. The van der Waals surface area contributed by atoms with Crippen molar-refractivity contribution < 1.29 is 8.42 Å². The second-order valence-corrected chi connectivity index (χ2v) is 7.48. The number of hydrogen-bond donors (Lipinski definition) is 2. The van der Waals surface area contributed by atoms with E-state index in [9.17, 15) is 8.42 Å². The average Bonchev–Trinajstić information content (AvgIpc) is 2.77. The zero-order chi connectivity index (χ0) is 14.9. The summed E-state index contributed by atoms with van der Waals surface area (Å²) in [6, 6.07) is 3.36. The molecular formula is C14H23N3O2S. The van der Waals surface area contributed by atoms with E-state index in [1.165, 1.54) is 0 Å². The van der Waals surface area contributed by atoms with Crippen LogP contribution in [0.2, 0.25) is 0 Å². The highest BCUT2D eigenvalue weighted by Crippen LogP contribution is 2.23. The predicted molar refractivity (Wildman–Crippen MR) is 81.1 cm³/mol. The van der Waals surface area contributed by atoms with E-state index in [2.05, 4.69) is 16.7 Å². The molecule has 0 bridgehead atoms. The summed E-state index contributed by atoms with van der Waals surface area (Å²) in [5, 5.41) is 0. The van der Waals surface area contributed by atoms with E-state index in [0.29, 0.717) is 18.2 Å². The summed E-state index contributed by atoms with van der Waals surface area (Å²) in [6.07, 6.45) is 1.03. The van der Waals surface area contributed by atoms with Crippen LogP contribution >= 0.6 is 0 Å². The van der Waals surface area contributed by atoms with Crippen LogP contribution in [0.4, 0.5) is 5.69 Å². The van der Waals surface area contributed by atoms with Crippen molar-refractivity contribution >= 4 is 15.7 Å². The summed E-state index contributed by atoms with van der Waals surface area (Å²) in [5.41, 5.74) is 8.09. The zero-order valence-electron chi connectivity index (χ0n) is 12.3. The second-order valence-electron chi connectivity index (χ2n) is 5.74. The van der Waals surface area contributed by atoms with E-state index in [1.807, 2.05) is 13.8 Å². The number of likely N-dealkylation sites (tertiary alicyclic amines) is 1. The van der Waals surface area contributed by atoms with Gasteiger partial charge in [0.25, 0.3) is 0 Å². The van der Waals surface area contributed by atoms with E-state index >= 15 is 0 Å². The molecule has 1 aliphatic rings. The maximum Gasteiger partial charge on any atom is 0.242 e. The molecule has 0 aromatic heterocycles. The summed E-state index contributed by atoms with van der Waals surface area (Å²) in [7, 11) is -1.48. The number of nitrogens with zero attached hydrogens (tertiary/aromatic N) is 1. The molecule has 0 amide bonds. The van der Waals surface area contributed by atoms with Gasteiger partial charge < -0.3 is 10.6 Å². The molecule has 3 N–H and O–H groups in total. The monoisotopic (exact) mass is 297 g/mol. The third-order valence-corrected chi connectivity index (χ3v) is 5.45. The molecule has 112 valence electrons. The molecule has 1 fully saturated rings. The lowest BCUT2D eigenvalue weighted by Gasteiger charge is -2.14. The molecule has 1 aromatic carbocycles. The first-order valence-electron chi connectivity index (χ1n) is 6.84. The lowest BCUT2D eigenvalue weighted by molar-refractivity contribution is 0.394. The summed E-state index contributed by atoms with van der Waals surface area (Å²) < 4.78 is 27.4. The molecule has 5 nitrogen and oxygen atoms in total. The minimum absolute atomic E-state index is 0.187. The van der Waals surface area contributed by atoms with Crippen molar-refractivity contribution in [2.75, 3.05) is 32.4 Å². The molecule has 2 rings (SSSR count). The molecule has 0 radical (unpaired) electrons. The SMILES string of the molecule is Cc1cc(N)c(S(=O)(=O)NCC2CCN(C)C2)cc1C. The van der Waals surface area contributed by atoms with Crippen LogP contribution in [-0.2, 0) is 10.0 Å². The molecule has 0 aliphatic carbocycles. The predicted octanol–water partition coefficient (Wildman–Crippen LogP) is 1.12. The lowest BCUT2D eigenvalue weighted by atomic mass is 10.1. The van der Waals surface area contributed by atoms with Crippen molar-refractivity contribution in [2.24, 2.45) is 5.92 Å². The lowest BCUT2D eigenvalue weighted by Crippen LogP contribution is -2.31. The van der Waals surface area contributed by atoms with Crippen LogP contribution < -0.4 is 10.5 Å². The Balaban J connectivity index is 2.12. The number of anilines is 1. The standard InChI is InChI=1S/C14H23N3O2S/c1-10-6-13(15)14(7-11(10)2)20(18,19)16-8-12-4-5-17(3)9-12/h6-7,12,16H,4-5,8-9,15H2,1-3H3. The smallest absolute Gasteiger partial charge is 0.242 e. The first-order valence-corrected chi connectivity index (χ1v) is 8.33. The van der Waals surface area contributed by atoms with Crippen LogP contribution in [0, 0.1) is 19.8 Å². The molecule has 6 heteroatoms. The molecule has 20 heavy (non-hydrogen) atoms.